The summed E-state index contributed by atoms with van der Waals surface area (Å²) in [5, 5.41) is 0.582. The third-order valence-electron chi connectivity index (χ3n) is 4.21. The zero-order valence-corrected chi connectivity index (χ0v) is 16.8. The van der Waals surface area contributed by atoms with Gasteiger partial charge in [0.15, 0.2) is 5.13 Å². The second kappa shape index (κ2) is 8.16. The maximum atomic E-state index is 12.9. The minimum Gasteiger partial charge on any atom is -0.287 e. The fraction of sp³-hybridized carbons (Fsp3) is 0.263. The molecule has 0 radical (unpaired) electrons. The summed E-state index contributed by atoms with van der Waals surface area (Å²) in [4.78, 5) is 19.0. The van der Waals surface area contributed by atoms with E-state index in [1.165, 1.54) is 18.4 Å². The van der Waals surface area contributed by atoms with Crippen LogP contribution < -0.4 is 4.90 Å². The number of likely N-dealkylation sites (N-methyl/N-ethyl adjacent to an activating group) is 1. The van der Waals surface area contributed by atoms with Crippen LogP contribution in [0.3, 0.4) is 0 Å². The highest BCUT2D eigenvalue weighted by Crippen LogP contribution is 2.29. The number of thiazole rings is 1. The smallest absolute Gasteiger partial charge is 0.244 e. The number of sulfonamides is 1. The minimum atomic E-state index is -3.44. The molecular weight excluding hydrogens is 382 g/mol. The van der Waals surface area contributed by atoms with Crippen molar-refractivity contribution in [2.75, 3.05) is 31.3 Å². The van der Waals surface area contributed by atoms with Crippen molar-refractivity contribution in [3.63, 3.8) is 0 Å². The second-order valence-corrected chi connectivity index (χ2v) is 9.36. The van der Waals surface area contributed by atoms with Crippen LogP contribution in [0.2, 0.25) is 0 Å². The van der Waals surface area contributed by atoms with Crippen LogP contribution in [0.5, 0.6) is 0 Å². The second-order valence-electron chi connectivity index (χ2n) is 6.26. The highest BCUT2D eigenvalue weighted by Gasteiger charge is 2.23. The molecule has 8 heteroatoms. The molecule has 0 atom stereocenters. The summed E-state index contributed by atoms with van der Waals surface area (Å²) in [5.41, 5.74) is 1.93. The van der Waals surface area contributed by atoms with Gasteiger partial charge in [0.05, 0.1) is 23.0 Å². The molecule has 6 nitrogen and oxygen atoms in total. The monoisotopic (exact) mass is 403 g/mol. The van der Waals surface area contributed by atoms with E-state index in [9.17, 15) is 13.2 Å². The molecule has 0 bridgehead atoms. The van der Waals surface area contributed by atoms with Gasteiger partial charge in [0.1, 0.15) is 0 Å². The molecule has 0 aliphatic heterocycles. The third kappa shape index (κ3) is 4.91. The van der Waals surface area contributed by atoms with Crippen LogP contribution in [-0.4, -0.2) is 50.0 Å². The van der Waals surface area contributed by atoms with Crippen LogP contribution in [0.1, 0.15) is 5.56 Å². The lowest BCUT2D eigenvalue weighted by molar-refractivity contribution is -0.118. The summed E-state index contributed by atoms with van der Waals surface area (Å²) in [6.07, 6.45) is 1.75. The van der Waals surface area contributed by atoms with Crippen molar-refractivity contribution < 1.29 is 13.2 Å². The molecule has 0 spiro atoms. The normalized spacial score (nSPS) is 11.8. The molecule has 142 valence electrons. The largest absolute Gasteiger partial charge is 0.287 e. The molecule has 0 aliphatic carbocycles. The fourth-order valence-electron chi connectivity index (χ4n) is 2.58. The van der Waals surface area contributed by atoms with Crippen molar-refractivity contribution in [1.29, 1.82) is 0 Å². The molecule has 2 aromatic carbocycles. The molecular formula is C19H21N3O3S2. The molecule has 1 aromatic heterocycles. The van der Waals surface area contributed by atoms with Crippen molar-refractivity contribution >= 4 is 42.6 Å². The first kappa shape index (κ1) is 19.5. The summed E-state index contributed by atoms with van der Waals surface area (Å²) in [6.45, 7) is 0.212. The minimum absolute atomic E-state index is 0.219. The SMILES string of the molecule is CN(CC(=O)N(CCc1ccccc1)c1nc2ccccc2s1)S(C)(=O)=O. The molecule has 3 rings (SSSR count). The molecule has 0 N–H and O–H groups in total. The van der Waals surface area contributed by atoms with E-state index >= 15 is 0 Å². The van der Waals surface area contributed by atoms with Gasteiger partial charge in [0.25, 0.3) is 0 Å². The van der Waals surface area contributed by atoms with Crippen molar-refractivity contribution in [3.05, 3.63) is 60.2 Å². The van der Waals surface area contributed by atoms with Gasteiger partial charge in [0, 0.05) is 13.6 Å². The average molecular weight is 404 g/mol. The molecule has 0 aliphatic rings. The molecule has 0 unspecified atom stereocenters. The lowest BCUT2D eigenvalue weighted by Crippen LogP contribution is -2.41. The molecule has 1 amide bonds. The van der Waals surface area contributed by atoms with E-state index in [0.29, 0.717) is 18.1 Å². The Balaban J connectivity index is 1.86. The number of hydrogen-bond acceptors (Lipinski definition) is 5. The van der Waals surface area contributed by atoms with Gasteiger partial charge in [-0.3, -0.25) is 9.69 Å². The van der Waals surface area contributed by atoms with Crippen LogP contribution in [-0.2, 0) is 21.2 Å². The molecule has 1 heterocycles. The van der Waals surface area contributed by atoms with Gasteiger partial charge in [-0.1, -0.05) is 53.8 Å². The third-order valence-corrected chi connectivity index (χ3v) is 6.53. The topological polar surface area (TPSA) is 70.6 Å². The number of carbonyl (C=O) groups is 1. The van der Waals surface area contributed by atoms with Gasteiger partial charge in [-0.2, -0.15) is 4.31 Å². The van der Waals surface area contributed by atoms with E-state index in [1.807, 2.05) is 54.6 Å². The number of aromatic nitrogens is 1. The summed E-state index contributed by atoms with van der Waals surface area (Å²) in [7, 11) is -2.03. The van der Waals surface area contributed by atoms with Gasteiger partial charge in [0.2, 0.25) is 15.9 Å². The average Bonchev–Trinajstić information content (AvgIpc) is 3.05. The van der Waals surface area contributed by atoms with Crippen LogP contribution >= 0.6 is 11.3 Å². The van der Waals surface area contributed by atoms with Gasteiger partial charge >= 0.3 is 0 Å². The molecule has 0 fully saturated rings. The highest BCUT2D eigenvalue weighted by atomic mass is 32.2. The molecule has 27 heavy (non-hydrogen) atoms. The zero-order chi connectivity index (χ0) is 19.4. The maximum Gasteiger partial charge on any atom is 0.244 e. The molecule has 0 saturated heterocycles. The Bertz CT molecular complexity index is 1000. The lowest BCUT2D eigenvalue weighted by Gasteiger charge is -2.22. The standard InChI is InChI=1S/C19H21N3O3S2/c1-21(27(2,24)25)14-18(23)22(13-12-15-8-4-3-5-9-15)19-20-16-10-6-7-11-17(16)26-19/h3-11H,12-14H2,1-2H3. The van der Waals surface area contributed by atoms with Crippen molar-refractivity contribution in [3.8, 4) is 0 Å². The number of carbonyl (C=O) groups excluding carboxylic acids is 1. The number of para-hydroxylation sites is 1. The van der Waals surface area contributed by atoms with E-state index in [2.05, 4.69) is 4.98 Å². The van der Waals surface area contributed by atoms with Gasteiger partial charge in [-0.25, -0.2) is 13.4 Å². The Morgan fingerprint density at radius 3 is 2.41 bits per heavy atom. The first-order chi connectivity index (χ1) is 12.8. The first-order valence-electron chi connectivity index (χ1n) is 8.46. The van der Waals surface area contributed by atoms with Crippen molar-refractivity contribution in [2.45, 2.75) is 6.42 Å². The van der Waals surface area contributed by atoms with Crippen LogP contribution in [0.25, 0.3) is 10.2 Å². The number of amides is 1. The summed E-state index contributed by atoms with van der Waals surface area (Å²) in [6, 6.07) is 17.6. The van der Waals surface area contributed by atoms with E-state index < -0.39 is 10.0 Å². The Hall–Kier alpha value is -2.29. The summed E-state index contributed by atoms with van der Waals surface area (Å²) >= 11 is 1.43. The maximum absolute atomic E-state index is 12.9. The quantitative estimate of drug-likeness (QED) is 0.608. The lowest BCUT2D eigenvalue weighted by atomic mass is 10.1. The molecule has 0 saturated carbocycles. The van der Waals surface area contributed by atoms with E-state index in [-0.39, 0.29) is 12.5 Å². The summed E-state index contributed by atoms with van der Waals surface area (Å²) in [5.74, 6) is -0.294. The zero-order valence-electron chi connectivity index (χ0n) is 15.2. The fourth-order valence-corrected chi connectivity index (χ4v) is 3.93. The molecule has 3 aromatic rings. The number of nitrogens with zero attached hydrogens (tertiary/aromatic N) is 3. The Kier molecular flexibility index (Phi) is 5.88. The number of rotatable bonds is 7. The van der Waals surface area contributed by atoms with Gasteiger partial charge < -0.3 is 0 Å². The van der Waals surface area contributed by atoms with E-state index in [0.717, 1.165) is 26.3 Å². The highest BCUT2D eigenvalue weighted by molar-refractivity contribution is 7.88. The summed E-state index contributed by atoms with van der Waals surface area (Å²) < 4.78 is 25.4. The Labute approximate surface area is 163 Å². The van der Waals surface area contributed by atoms with Crippen LogP contribution in [0.4, 0.5) is 5.13 Å². The number of anilines is 1. The predicted molar refractivity (Wildman–Crippen MR) is 110 cm³/mol. The Morgan fingerprint density at radius 1 is 1.07 bits per heavy atom. The first-order valence-corrected chi connectivity index (χ1v) is 11.1. The van der Waals surface area contributed by atoms with Crippen LogP contribution in [0.15, 0.2) is 54.6 Å². The predicted octanol–water partition coefficient (Wildman–Crippen LogP) is 2.76. The van der Waals surface area contributed by atoms with Crippen molar-refractivity contribution in [2.24, 2.45) is 0 Å². The van der Waals surface area contributed by atoms with E-state index in [4.69, 9.17) is 0 Å². The number of hydrogen-bond donors (Lipinski definition) is 0. The van der Waals surface area contributed by atoms with E-state index in [1.54, 1.807) is 4.90 Å². The number of fused-ring (bicyclic) bond motifs is 1. The van der Waals surface area contributed by atoms with Gasteiger partial charge in [-0.15, -0.1) is 0 Å². The van der Waals surface area contributed by atoms with Gasteiger partial charge in [-0.05, 0) is 24.1 Å². The Morgan fingerprint density at radius 2 is 1.74 bits per heavy atom. The van der Waals surface area contributed by atoms with Crippen LogP contribution in [0, 0.1) is 0 Å². The van der Waals surface area contributed by atoms with Crippen molar-refractivity contribution in [1.82, 2.24) is 9.29 Å². The number of benzene rings is 2.